The van der Waals surface area contributed by atoms with Crippen molar-refractivity contribution in [2.75, 3.05) is 25.6 Å². The molecule has 0 saturated carbocycles. The third-order valence-electron chi connectivity index (χ3n) is 3.66. The second-order valence-corrected chi connectivity index (χ2v) is 6.25. The third kappa shape index (κ3) is 5.89. The number of carbonyl (C=O) groups excluding carboxylic acids is 1. The summed E-state index contributed by atoms with van der Waals surface area (Å²) in [5, 5.41) is 7.05. The first kappa shape index (κ1) is 20.6. The highest BCUT2D eigenvalue weighted by Crippen LogP contribution is 2.28. The van der Waals surface area contributed by atoms with E-state index in [4.69, 9.17) is 25.9 Å². The molecule has 27 heavy (non-hydrogen) atoms. The number of nitrogens with zero attached hydrogens (tertiary/aromatic N) is 1. The van der Waals surface area contributed by atoms with E-state index in [1.165, 1.54) is 6.21 Å². The van der Waals surface area contributed by atoms with Gasteiger partial charge in [-0.25, -0.2) is 0 Å². The van der Waals surface area contributed by atoms with Crippen molar-refractivity contribution in [2.24, 2.45) is 5.16 Å². The van der Waals surface area contributed by atoms with Gasteiger partial charge in [-0.2, -0.15) is 0 Å². The average molecular weight is 391 g/mol. The SMILES string of the molecule is CCOc1ccc(/C=N/OCC(=O)Nc2c(C)cc(C)cc2Cl)cc1OC. The fraction of sp³-hybridized carbons (Fsp3) is 0.300. The monoisotopic (exact) mass is 390 g/mol. The Balaban J connectivity index is 1.91. The predicted molar refractivity (Wildman–Crippen MR) is 107 cm³/mol. The molecule has 0 saturated heterocycles. The van der Waals surface area contributed by atoms with Gasteiger partial charge in [-0.1, -0.05) is 22.8 Å². The molecule has 0 atom stereocenters. The van der Waals surface area contributed by atoms with Crippen molar-refractivity contribution >= 4 is 29.4 Å². The number of benzene rings is 2. The van der Waals surface area contributed by atoms with Crippen molar-refractivity contribution in [3.8, 4) is 11.5 Å². The minimum absolute atomic E-state index is 0.228. The highest BCUT2D eigenvalue weighted by molar-refractivity contribution is 6.34. The minimum Gasteiger partial charge on any atom is -0.493 e. The molecular weight excluding hydrogens is 368 g/mol. The predicted octanol–water partition coefficient (Wildman–Crippen LogP) is 4.35. The van der Waals surface area contributed by atoms with E-state index in [9.17, 15) is 4.79 Å². The summed E-state index contributed by atoms with van der Waals surface area (Å²) in [6.07, 6.45) is 1.50. The molecular formula is C20H23ClN2O4. The fourth-order valence-electron chi connectivity index (χ4n) is 2.48. The molecule has 0 unspecified atom stereocenters. The zero-order chi connectivity index (χ0) is 19.8. The molecule has 1 N–H and O–H groups in total. The molecule has 0 aliphatic rings. The molecule has 2 aromatic rings. The largest absolute Gasteiger partial charge is 0.493 e. The van der Waals surface area contributed by atoms with Crippen LogP contribution in [0.3, 0.4) is 0 Å². The highest BCUT2D eigenvalue weighted by atomic mass is 35.5. The van der Waals surface area contributed by atoms with Gasteiger partial charge in [0.2, 0.25) is 0 Å². The van der Waals surface area contributed by atoms with E-state index < -0.39 is 0 Å². The van der Waals surface area contributed by atoms with Crippen molar-refractivity contribution in [2.45, 2.75) is 20.8 Å². The fourth-order valence-corrected chi connectivity index (χ4v) is 2.85. The van der Waals surface area contributed by atoms with Gasteiger partial charge in [0.15, 0.2) is 18.1 Å². The molecule has 6 nitrogen and oxygen atoms in total. The Labute approximate surface area is 164 Å². The zero-order valence-electron chi connectivity index (χ0n) is 15.8. The second kappa shape index (κ2) is 9.83. The van der Waals surface area contributed by atoms with Crippen LogP contribution in [0.4, 0.5) is 5.69 Å². The highest BCUT2D eigenvalue weighted by Gasteiger charge is 2.10. The maximum Gasteiger partial charge on any atom is 0.265 e. The van der Waals surface area contributed by atoms with Crippen LogP contribution in [0.5, 0.6) is 11.5 Å². The lowest BCUT2D eigenvalue weighted by atomic mass is 10.1. The van der Waals surface area contributed by atoms with E-state index in [0.717, 1.165) is 16.7 Å². The number of halogens is 1. The molecule has 0 fully saturated rings. The quantitative estimate of drug-likeness (QED) is 0.537. The van der Waals surface area contributed by atoms with Crippen LogP contribution >= 0.6 is 11.6 Å². The molecule has 0 aliphatic heterocycles. The number of rotatable bonds is 8. The number of hydrogen-bond donors (Lipinski definition) is 1. The Morgan fingerprint density at radius 2 is 2.00 bits per heavy atom. The van der Waals surface area contributed by atoms with Gasteiger partial charge in [0.25, 0.3) is 5.91 Å². The summed E-state index contributed by atoms with van der Waals surface area (Å²) in [5.41, 5.74) is 3.25. The Morgan fingerprint density at radius 1 is 1.22 bits per heavy atom. The number of carbonyl (C=O) groups is 1. The molecule has 0 aliphatic carbocycles. The summed E-state index contributed by atoms with van der Waals surface area (Å²) in [7, 11) is 1.57. The van der Waals surface area contributed by atoms with Crippen molar-refractivity contribution < 1.29 is 19.1 Å². The maximum atomic E-state index is 12.0. The number of ether oxygens (including phenoxy) is 2. The number of nitrogens with one attached hydrogen (secondary N) is 1. The van der Waals surface area contributed by atoms with Crippen LogP contribution in [0.25, 0.3) is 0 Å². The third-order valence-corrected chi connectivity index (χ3v) is 3.95. The number of hydrogen-bond acceptors (Lipinski definition) is 5. The van der Waals surface area contributed by atoms with Gasteiger partial charge in [-0.3, -0.25) is 4.79 Å². The molecule has 0 aromatic heterocycles. The lowest BCUT2D eigenvalue weighted by Gasteiger charge is -2.11. The summed E-state index contributed by atoms with van der Waals surface area (Å²) in [6, 6.07) is 9.12. The second-order valence-electron chi connectivity index (χ2n) is 5.84. The Morgan fingerprint density at radius 3 is 2.67 bits per heavy atom. The number of aryl methyl sites for hydroxylation is 2. The molecule has 144 valence electrons. The molecule has 0 bridgehead atoms. The summed E-state index contributed by atoms with van der Waals surface area (Å²) < 4.78 is 10.7. The van der Waals surface area contributed by atoms with Gasteiger partial charge in [-0.15, -0.1) is 0 Å². The van der Waals surface area contributed by atoms with Crippen molar-refractivity contribution in [1.29, 1.82) is 0 Å². The maximum absolute atomic E-state index is 12.0. The number of methoxy groups -OCH3 is 1. The normalized spacial score (nSPS) is 10.7. The Kier molecular flexibility index (Phi) is 7.49. The summed E-state index contributed by atoms with van der Waals surface area (Å²) in [6.45, 7) is 6.05. The first-order chi connectivity index (χ1) is 12.9. The Hall–Kier alpha value is -2.73. The van der Waals surface area contributed by atoms with E-state index in [1.54, 1.807) is 25.3 Å². The summed E-state index contributed by atoms with van der Waals surface area (Å²) >= 11 is 6.18. The van der Waals surface area contributed by atoms with Crippen LogP contribution < -0.4 is 14.8 Å². The lowest BCUT2D eigenvalue weighted by molar-refractivity contribution is -0.120. The number of oxime groups is 1. The summed E-state index contributed by atoms with van der Waals surface area (Å²) in [4.78, 5) is 17.1. The van der Waals surface area contributed by atoms with Crippen molar-refractivity contribution in [3.63, 3.8) is 0 Å². The van der Waals surface area contributed by atoms with Gasteiger partial charge in [0.1, 0.15) is 0 Å². The van der Waals surface area contributed by atoms with Crippen LogP contribution in [0.1, 0.15) is 23.6 Å². The molecule has 0 spiro atoms. The topological polar surface area (TPSA) is 69.2 Å². The molecule has 0 radical (unpaired) electrons. The Bertz CT molecular complexity index is 814. The van der Waals surface area contributed by atoms with Gasteiger partial charge in [-0.05, 0) is 56.2 Å². The van der Waals surface area contributed by atoms with E-state index in [0.29, 0.717) is 28.8 Å². The van der Waals surface area contributed by atoms with Crippen molar-refractivity contribution in [1.82, 2.24) is 0 Å². The van der Waals surface area contributed by atoms with Gasteiger partial charge >= 0.3 is 0 Å². The number of amides is 1. The van der Waals surface area contributed by atoms with E-state index in [-0.39, 0.29) is 12.5 Å². The first-order valence-electron chi connectivity index (χ1n) is 8.47. The van der Waals surface area contributed by atoms with Gasteiger partial charge < -0.3 is 19.6 Å². The molecule has 2 aromatic carbocycles. The van der Waals surface area contributed by atoms with E-state index in [2.05, 4.69) is 10.5 Å². The number of anilines is 1. The van der Waals surface area contributed by atoms with E-state index in [1.807, 2.05) is 32.9 Å². The van der Waals surface area contributed by atoms with Crippen LogP contribution in [0.15, 0.2) is 35.5 Å². The van der Waals surface area contributed by atoms with E-state index >= 15 is 0 Å². The smallest absolute Gasteiger partial charge is 0.265 e. The average Bonchev–Trinajstić information content (AvgIpc) is 2.63. The van der Waals surface area contributed by atoms with Crippen LogP contribution in [0.2, 0.25) is 5.02 Å². The van der Waals surface area contributed by atoms with Crippen molar-refractivity contribution in [3.05, 3.63) is 52.0 Å². The van der Waals surface area contributed by atoms with Gasteiger partial charge in [0.05, 0.1) is 30.6 Å². The molecule has 0 heterocycles. The van der Waals surface area contributed by atoms with Gasteiger partial charge in [0, 0.05) is 5.56 Å². The molecule has 2 rings (SSSR count). The minimum atomic E-state index is -0.342. The lowest BCUT2D eigenvalue weighted by Crippen LogP contribution is -2.18. The molecule has 1 amide bonds. The van der Waals surface area contributed by atoms with Crippen LogP contribution in [-0.2, 0) is 9.63 Å². The molecule has 7 heteroatoms. The zero-order valence-corrected chi connectivity index (χ0v) is 16.6. The standard InChI is InChI=1S/C20H23ClN2O4/c1-5-26-17-7-6-15(10-18(17)25-4)11-22-27-12-19(24)23-20-14(3)8-13(2)9-16(20)21/h6-11H,5,12H2,1-4H3,(H,23,24)/b22-11+. The van der Waals surface area contributed by atoms with Crippen LogP contribution in [-0.4, -0.2) is 32.4 Å². The first-order valence-corrected chi connectivity index (χ1v) is 8.85. The van der Waals surface area contributed by atoms with Crippen LogP contribution in [0, 0.1) is 13.8 Å². The summed E-state index contributed by atoms with van der Waals surface area (Å²) in [5.74, 6) is 0.913.